The lowest BCUT2D eigenvalue weighted by Crippen LogP contribution is -2.00. The van der Waals surface area contributed by atoms with Crippen LogP contribution in [0.1, 0.15) is 11.1 Å². The highest BCUT2D eigenvalue weighted by Gasteiger charge is 2.16. The number of fused-ring (bicyclic) bond motifs is 1. The Labute approximate surface area is 83.1 Å². The van der Waals surface area contributed by atoms with Crippen molar-refractivity contribution in [3.05, 3.63) is 28.1 Å². The molecule has 0 bridgehead atoms. The van der Waals surface area contributed by atoms with Crippen molar-refractivity contribution in [3.63, 3.8) is 0 Å². The van der Waals surface area contributed by atoms with Crippen molar-refractivity contribution < 1.29 is 9.47 Å². The van der Waals surface area contributed by atoms with E-state index in [1.165, 1.54) is 5.56 Å². The Morgan fingerprint density at radius 3 is 2.64 bits per heavy atom. The summed E-state index contributed by atoms with van der Waals surface area (Å²) in [7, 11) is 3.27. The van der Waals surface area contributed by atoms with Crippen LogP contribution in [0, 0.1) is 6.07 Å². The molecule has 1 aromatic rings. The maximum absolute atomic E-state index is 5.22. The summed E-state index contributed by atoms with van der Waals surface area (Å²) >= 11 is 0. The van der Waals surface area contributed by atoms with E-state index in [4.69, 9.17) is 9.47 Å². The van der Waals surface area contributed by atoms with Gasteiger partial charge < -0.3 is 9.47 Å². The van der Waals surface area contributed by atoms with Gasteiger partial charge in [0.05, 0.1) is 20.6 Å². The molecule has 0 N–H and O–H groups in total. The van der Waals surface area contributed by atoms with Crippen LogP contribution in [-0.2, 0) is 6.42 Å². The summed E-state index contributed by atoms with van der Waals surface area (Å²) in [6.45, 7) is 0.808. The van der Waals surface area contributed by atoms with Crippen molar-refractivity contribution in [1.82, 2.24) is 0 Å². The maximum Gasteiger partial charge on any atom is 0.311 e. The van der Waals surface area contributed by atoms with Crippen molar-refractivity contribution in [1.29, 1.82) is 0 Å². The second-order valence-electron chi connectivity index (χ2n) is 3.11. The highest BCUT2D eigenvalue weighted by molar-refractivity contribution is 5.53. The summed E-state index contributed by atoms with van der Waals surface area (Å²) in [4.78, 5) is 4.10. The van der Waals surface area contributed by atoms with E-state index < -0.39 is 0 Å². The van der Waals surface area contributed by atoms with Crippen LogP contribution in [0.3, 0.4) is 0 Å². The first-order valence-electron chi connectivity index (χ1n) is 4.52. The van der Waals surface area contributed by atoms with Crippen molar-refractivity contribution in [3.8, 4) is 17.6 Å². The predicted octanol–water partition coefficient (Wildman–Crippen LogP) is 1.94. The molecule has 0 saturated carbocycles. The van der Waals surface area contributed by atoms with Crippen LogP contribution in [0.2, 0.25) is 0 Å². The highest BCUT2D eigenvalue weighted by Crippen LogP contribution is 2.31. The van der Waals surface area contributed by atoms with Crippen LogP contribution in [0.4, 0.5) is 0 Å². The van der Waals surface area contributed by atoms with Crippen LogP contribution in [0.15, 0.2) is 12.1 Å². The fraction of sp³-hybridized carbons (Fsp3) is 0.364. The lowest BCUT2D eigenvalue weighted by atomic mass is 10.0. The fourth-order valence-corrected chi connectivity index (χ4v) is 1.55. The quantitative estimate of drug-likeness (QED) is 0.711. The maximum atomic E-state index is 5.22. The minimum absolute atomic E-state index is 0.732. The van der Waals surface area contributed by atoms with Gasteiger partial charge in [0.2, 0.25) is 0 Å². The van der Waals surface area contributed by atoms with Gasteiger partial charge >= 0.3 is 6.07 Å². The van der Waals surface area contributed by atoms with Crippen LogP contribution >= 0.6 is 0 Å². The van der Waals surface area contributed by atoms with Crippen LogP contribution < -0.4 is 9.47 Å². The van der Waals surface area contributed by atoms with Crippen molar-refractivity contribution in [2.24, 2.45) is 0 Å². The van der Waals surface area contributed by atoms with Gasteiger partial charge in [-0.05, 0) is 11.6 Å². The van der Waals surface area contributed by atoms with E-state index in [2.05, 4.69) is 10.9 Å². The Morgan fingerprint density at radius 2 is 1.93 bits per heavy atom. The minimum Gasteiger partial charge on any atom is -0.493 e. The van der Waals surface area contributed by atoms with E-state index in [9.17, 15) is 0 Å². The molecule has 1 aliphatic heterocycles. The Balaban J connectivity index is 2.53. The van der Waals surface area contributed by atoms with Gasteiger partial charge in [-0.3, -0.25) is 0 Å². The fourth-order valence-electron chi connectivity index (χ4n) is 1.55. The van der Waals surface area contributed by atoms with Gasteiger partial charge in [-0.1, -0.05) is 4.85 Å². The average molecular weight is 190 g/mol. The predicted molar refractivity (Wildman–Crippen MR) is 54.5 cm³/mol. The zero-order valence-electron chi connectivity index (χ0n) is 8.33. The Kier molecular flexibility index (Phi) is 2.28. The van der Waals surface area contributed by atoms with E-state index in [0.29, 0.717) is 0 Å². The van der Waals surface area contributed by atoms with E-state index in [-0.39, 0.29) is 0 Å². The SMILES string of the molecule is COc1cc2c(cc1OC)CC[N+]#C2. The van der Waals surface area contributed by atoms with Gasteiger partial charge in [-0.25, -0.2) is 0 Å². The Bertz CT molecular complexity index is 415. The van der Waals surface area contributed by atoms with Gasteiger partial charge in [0, 0.05) is 6.07 Å². The number of hydrogen-bond acceptors (Lipinski definition) is 2. The molecule has 0 radical (unpaired) electrons. The van der Waals surface area contributed by atoms with E-state index in [0.717, 1.165) is 30.0 Å². The molecule has 0 fully saturated rings. The monoisotopic (exact) mass is 190 g/mol. The van der Waals surface area contributed by atoms with Gasteiger partial charge in [0.25, 0.3) is 6.54 Å². The molecule has 0 atom stereocenters. The zero-order chi connectivity index (χ0) is 9.97. The van der Waals surface area contributed by atoms with Gasteiger partial charge in [0.1, 0.15) is 5.56 Å². The summed E-state index contributed by atoms with van der Waals surface area (Å²) < 4.78 is 10.4. The number of methoxy groups -OCH3 is 2. The largest absolute Gasteiger partial charge is 0.493 e. The lowest BCUT2D eigenvalue weighted by molar-refractivity contribution is 0.354. The molecule has 0 aliphatic carbocycles. The molecule has 1 heterocycles. The van der Waals surface area contributed by atoms with E-state index in [1.54, 1.807) is 14.2 Å². The number of benzene rings is 1. The third kappa shape index (κ3) is 1.39. The van der Waals surface area contributed by atoms with E-state index >= 15 is 0 Å². The molecule has 1 aliphatic rings. The molecule has 2 rings (SSSR count). The summed E-state index contributed by atoms with van der Waals surface area (Å²) in [5.41, 5.74) is 2.23. The van der Waals surface area contributed by atoms with Gasteiger partial charge in [0.15, 0.2) is 11.5 Å². The lowest BCUT2D eigenvalue weighted by Gasteiger charge is -2.09. The molecule has 0 spiro atoms. The number of rotatable bonds is 2. The van der Waals surface area contributed by atoms with Gasteiger partial charge in [-0.2, -0.15) is 0 Å². The zero-order valence-corrected chi connectivity index (χ0v) is 8.33. The molecule has 0 saturated heterocycles. The van der Waals surface area contributed by atoms with Crippen molar-refractivity contribution >= 4 is 0 Å². The van der Waals surface area contributed by atoms with Crippen molar-refractivity contribution in [2.45, 2.75) is 6.42 Å². The standard InChI is InChI=1S/C11H12NO2/c1-13-10-5-8-3-4-12-7-9(8)6-11(10)14-2/h5-6H,3-4H2,1-2H3/q+1. The molecule has 3 heteroatoms. The topological polar surface area (TPSA) is 22.8 Å². The number of hydrogen-bond donors (Lipinski definition) is 0. The molecule has 3 nitrogen and oxygen atoms in total. The van der Waals surface area contributed by atoms with Crippen LogP contribution in [0.5, 0.6) is 11.5 Å². The summed E-state index contributed by atoms with van der Waals surface area (Å²) in [6.07, 6.45) is 0.947. The first-order chi connectivity index (χ1) is 6.85. The summed E-state index contributed by atoms with van der Waals surface area (Å²) in [5, 5.41) is 0. The summed E-state index contributed by atoms with van der Waals surface area (Å²) in [5.74, 6) is 1.51. The van der Waals surface area contributed by atoms with E-state index in [1.807, 2.05) is 12.1 Å². The molecule has 14 heavy (non-hydrogen) atoms. The molecule has 0 unspecified atom stereocenters. The molecule has 1 aromatic carbocycles. The third-order valence-corrected chi connectivity index (χ3v) is 2.30. The third-order valence-electron chi connectivity index (χ3n) is 2.30. The van der Waals surface area contributed by atoms with Crippen LogP contribution in [-0.4, -0.2) is 20.8 Å². The second kappa shape index (κ2) is 3.59. The molecular weight excluding hydrogens is 178 g/mol. The minimum atomic E-state index is 0.732. The van der Waals surface area contributed by atoms with Crippen LogP contribution in [0.25, 0.3) is 4.85 Å². The highest BCUT2D eigenvalue weighted by atomic mass is 16.5. The molecule has 0 aromatic heterocycles. The Morgan fingerprint density at radius 1 is 1.21 bits per heavy atom. The summed E-state index contributed by atoms with van der Waals surface area (Å²) in [6, 6.07) is 6.89. The van der Waals surface area contributed by atoms with Gasteiger partial charge in [-0.15, -0.1) is 0 Å². The number of ether oxygens (including phenoxy) is 2. The molecular formula is C11H12NO2+. The molecule has 72 valence electrons. The number of nitrogens with zero attached hydrogens (tertiary/aromatic N) is 1. The first kappa shape index (κ1) is 8.89. The smallest absolute Gasteiger partial charge is 0.311 e. The van der Waals surface area contributed by atoms with Crippen molar-refractivity contribution in [2.75, 3.05) is 20.8 Å². The Hall–Kier alpha value is -1.69. The average Bonchev–Trinajstić information content (AvgIpc) is 2.27. The molecule has 0 amide bonds. The first-order valence-corrected chi connectivity index (χ1v) is 4.52. The second-order valence-corrected chi connectivity index (χ2v) is 3.11. The normalized spacial score (nSPS) is 12.4.